The van der Waals surface area contributed by atoms with E-state index in [1.54, 1.807) is 32.2 Å². The minimum Gasteiger partial charge on any atom is -0.496 e. The second kappa shape index (κ2) is 13.2. The molecule has 0 heterocycles. The predicted molar refractivity (Wildman–Crippen MR) is 123 cm³/mol. The van der Waals surface area contributed by atoms with E-state index >= 15 is 0 Å². The van der Waals surface area contributed by atoms with E-state index in [0.29, 0.717) is 34.6 Å². The molecular formula is C23H27Cl2NO6. The second-order valence-electron chi connectivity index (χ2n) is 6.70. The van der Waals surface area contributed by atoms with Crippen molar-refractivity contribution < 1.29 is 28.5 Å². The summed E-state index contributed by atoms with van der Waals surface area (Å²) in [7, 11) is 1.62. The van der Waals surface area contributed by atoms with Gasteiger partial charge in [0.05, 0.1) is 43.5 Å². The van der Waals surface area contributed by atoms with Crippen LogP contribution in [0.15, 0.2) is 30.3 Å². The first-order valence-electron chi connectivity index (χ1n) is 10.2. The minimum atomic E-state index is -0.474. The van der Waals surface area contributed by atoms with Gasteiger partial charge in [0.15, 0.2) is 5.75 Å². The molecule has 0 aromatic heterocycles. The fourth-order valence-corrected chi connectivity index (χ4v) is 3.49. The van der Waals surface area contributed by atoms with Gasteiger partial charge in [0.1, 0.15) is 11.5 Å². The first kappa shape index (κ1) is 25.8. The molecule has 0 aliphatic heterocycles. The van der Waals surface area contributed by atoms with Crippen LogP contribution in [0.2, 0.25) is 10.0 Å². The van der Waals surface area contributed by atoms with Crippen molar-refractivity contribution in [2.75, 3.05) is 33.4 Å². The van der Waals surface area contributed by atoms with Crippen LogP contribution < -0.4 is 14.8 Å². The maximum atomic E-state index is 11.7. The van der Waals surface area contributed by atoms with Crippen LogP contribution in [-0.4, -0.2) is 45.4 Å². The zero-order valence-electron chi connectivity index (χ0n) is 18.3. The fraction of sp³-hybridized carbons (Fsp3) is 0.391. The van der Waals surface area contributed by atoms with Crippen LogP contribution in [0.4, 0.5) is 0 Å². The molecule has 0 atom stereocenters. The Morgan fingerprint density at radius 1 is 0.969 bits per heavy atom. The van der Waals surface area contributed by atoms with Crippen LogP contribution in [0.25, 0.3) is 0 Å². The monoisotopic (exact) mass is 483 g/mol. The summed E-state index contributed by atoms with van der Waals surface area (Å²) in [6.45, 7) is 4.04. The van der Waals surface area contributed by atoms with Gasteiger partial charge in [0.25, 0.3) is 0 Å². The first-order valence-corrected chi connectivity index (χ1v) is 11.0. The molecule has 7 nitrogen and oxygen atoms in total. The number of carbonyl (C=O) groups excluding carboxylic acids is 2. The number of carbonyl (C=O) groups is 2. The third-order valence-electron chi connectivity index (χ3n) is 4.41. The third kappa shape index (κ3) is 7.89. The van der Waals surface area contributed by atoms with E-state index in [-0.39, 0.29) is 19.7 Å². The summed E-state index contributed by atoms with van der Waals surface area (Å²) in [4.78, 5) is 23.0. The Bertz CT molecular complexity index is 912. The number of halogens is 2. The SMILES string of the molecule is CCOC(=O)CNCC(=O)OCCc1cc(Cl)c(Oc2ccc(OC)c(CC)c2)c(Cl)c1. The lowest BCUT2D eigenvalue weighted by molar-refractivity contribution is -0.143. The summed E-state index contributed by atoms with van der Waals surface area (Å²) in [6.07, 6.45) is 1.21. The largest absolute Gasteiger partial charge is 0.496 e. The normalized spacial score (nSPS) is 10.5. The lowest BCUT2D eigenvalue weighted by Gasteiger charge is -2.14. The Morgan fingerprint density at radius 2 is 1.62 bits per heavy atom. The van der Waals surface area contributed by atoms with E-state index in [9.17, 15) is 9.59 Å². The molecule has 2 aromatic rings. The molecule has 0 bridgehead atoms. The smallest absolute Gasteiger partial charge is 0.319 e. The summed E-state index contributed by atoms with van der Waals surface area (Å²) in [5.74, 6) is 0.844. The van der Waals surface area contributed by atoms with Gasteiger partial charge in [-0.15, -0.1) is 0 Å². The minimum absolute atomic E-state index is 0.0520. The Morgan fingerprint density at radius 3 is 2.22 bits per heavy atom. The molecule has 2 aromatic carbocycles. The summed E-state index contributed by atoms with van der Waals surface area (Å²) in [5, 5.41) is 3.37. The van der Waals surface area contributed by atoms with Gasteiger partial charge in [-0.2, -0.15) is 0 Å². The molecule has 9 heteroatoms. The van der Waals surface area contributed by atoms with Gasteiger partial charge >= 0.3 is 11.9 Å². The van der Waals surface area contributed by atoms with Crippen molar-refractivity contribution in [1.29, 1.82) is 0 Å². The lowest BCUT2D eigenvalue weighted by Crippen LogP contribution is -2.31. The average molecular weight is 484 g/mol. The number of esters is 2. The maximum absolute atomic E-state index is 11.7. The van der Waals surface area contributed by atoms with Crippen molar-refractivity contribution in [2.24, 2.45) is 0 Å². The van der Waals surface area contributed by atoms with Gasteiger partial charge in [0.2, 0.25) is 0 Å². The number of methoxy groups -OCH3 is 1. The van der Waals surface area contributed by atoms with Crippen LogP contribution >= 0.6 is 23.2 Å². The average Bonchev–Trinajstić information content (AvgIpc) is 2.76. The van der Waals surface area contributed by atoms with E-state index in [4.69, 9.17) is 42.1 Å². The van der Waals surface area contributed by atoms with Crippen molar-refractivity contribution in [3.63, 3.8) is 0 Å². The summed E-state index contributed by atoms with van der Waals surface area (Å²) < 4.78 is 21.2. The van der Waals surface area contributed by atoms with E-state index < -0.39 is 11.9 Å². The van der Waals surface area contributed by atoms with Crippen LogP contribution in [0, 0.1) is 0 Å². The van der Waals surface area contributed by atoms with Gasteiger partial charge in [-0.25, -0.2) is 0 Å². The number of aryl methyl sites for hydroxylation is 1. The molecule has 0 radical (unpaired) electrons. The second-order valence-corrected chi connectivity index (χ2v) is 7.51. The van der Waals surface area contributed by atoms with Gasteiger partial charge in [-0.05, 0) is 54.8 Å². The first-order chi connectivity index (χ1) is 15.4. The molecular weight excluding hydrogens is 457 g/mol. The van der Waals surface area contributed by atoms with Crippen LogP contribution in [0.1, 0.15) is 25.0 Å². The maximum Gasteiger partial charge on any atom is 0.319 e. The summed E-state index contributed by atoms with van der Waals surface area (Å²) >= 11 is 12.8. The highest BCUT2D eigenvalue weighted by atomic mass is 35.5. The topological polar surface area (TPSA) is 83.1 Å². The summed E-state index contributed by atoms with van der Waals surface area (Å²) in [6, 6.07) is 8.95. The van der Waals surface area contributed by atoms with Gasteiger partial charge in [-0.3, -0.25) is 14.9 Å². The van der Waals surface area contributed by atoms with Crippen molar-refractivity contribution in [3.05, 3.63) is 51.5 Å². The zero-order valence-corrected chi connectivity index (χ0v) is 19.8. The molecule has 0 saturated heterocycles. The molecule has 0 aliphatic carbocycles. The van der Waals surface area contributed by atoms with Crippen molar-refractivity contribution in [1.82, 2.24) is 5.32 Å². The lowest BCUT2D eigenvalue weighted by atomic mass is 10.1. The Hall–Kier alpha value is -2.48. The van der Waals surface area contributed by atoms with Gasteiger partial charge in [0, 0.05) is 6.42 Å². The van der Waals surface area contributed by atoms with Gasteiger partial charge < -0.3 is 18.9 Å². The standard InChI is InChI=1S/C23H27Cl2NO6/c1-4-16-12-17(6-7-20(16)29-3)32-23-18(24)10-15(11-19(23)25)8-9-31-22(28)14-26-13-21(27)30-5-2/h6-7,10-12,26H,4-5,8-9,13-14H2,1-3H3. The molecule has 0 fully saturated rings. The zero-order chi connectivity index (χ0) is 23.5. The Labute approximate surface area is 197 Å². The number of ether oxygens (including phenoxy) is 4. The molecule has 32 heavy (non-hydrogen) atoms. The fourth-order valence-electron chi connectivity index (χ4n) is 2.88. The number of rotatable bonds is 12. The van der Waals surface area contributed by atoms with Crippen LogP contribution in [0.5, 0.6) is 17.2 Å². The van der Waals surface area contributed by atoms with Gasteiger partial charge in [-0.1, -0.05) is 30.1 Å². The number of benzene rings is 2. The molecule has 0 saturated carbocycles. The molecule has 0 unspecified atom stereocenters. The van der Waals surface area contributed by atoms with E-state index in [2.05, 4.69) is 5.32 Å². The van der Waals surface area contributed by atoms with E-state index in [1.807, 2.05) is 19.1 Å². The molecule has 2 rings (SSSR count). The molecule has 1 N–H and O–H groups in total. The van der Waals surface area contributed by atoms with E-state index in [1.165, 1.54) is 0 Å². The molecule has 0 amide bonds. The molecule has 174 valence electrons. The molecule has 0 spiro atoms. The highest BCUT2D eigenvalue weighted by molar-refractivity contribution is 6.37. The predicted octanol–water partition coefficient (Wildman–Crippen LogP) is 4.60. The summed E-state index contributed by atoms with van der Waals surface area (Å²) in [5.41, 5.74) is 1.80. The Kier molecular flexibility index (Phi) is 10.6. The highest BCUT2D eigenvalue weighted by Gasteiger charge is 2.13. The van der Waals surface area contributed by atoms with Crippen molar-refractivity contribution in [2.45, 2.75) is 26.7 Å². The van der Waals surface area contributed by atoms with Crippen LogP contribution in [-0.2, 0) is 31.9 Å². The number of nitrogens with one attached hydrogen (secondary N) is 1. The molecule has 0 aliphatic rings. The van der Waals surface area contributed by atoms with Crippen molar-refractivity contribution in [3.8, 4) is 17.2 Å². The quantitative estimate of drug-likeness (QED) is 0.441. The Balaban J connectivity index is 1.90. The third-order valence-corrected chi connectivity index (χ3v) is 4.97. The van der Waals surface area contributed by atoms with E-state index in [0.717, 1.165) is 23.3 Å². The highest BCUT2D eigenvalue weighted by Crippen LogP contribution is 2.38. The number of hydrogen-bond acceptors (Lipinski definition) is 7. The number of hydrogen-bond donors (Lipinski definition) is 1. The van der Waals surface area contributed by atoms with Crippen LogP contribution in [0.3, 0.4) is 0 Å². The van der Waals surface area contributed by atoms with Crippen molar-refractivity contribution >= 4 is 35.1 Å².